The van der Waals surface area contributed by atoms with E-state index in [2.05, 4.69) is 111 Å². The van der Waals surface area contributed by atoms with E-state index in [4.69, 9.17) is 4.98 Å². The lowest BCUT2D eigenvalue weighted by molar-refractivity contribution is -0.127. The molecule has 2 bridgehead atoms. The number of carbonyl (C=O) groups is 1. The molecule has 0 spiro atoms. The second-order valence-corrected chi connectivity index (χ2v) is 11.9. The maximum absolute atomic E-state index is 14.1. The van der Waals surface area contributed by atoms with Crippen LogP contribution in [0.1, 0.15) is 54.0 Å². The number of anilines is 1. The second kappa shape index (κ2) is 7.87. The van der Waals surface area contributed by atoms with Gasteiger partial charge in [0, 0.05) is 22.3 Å². The first kappa shape index (κ1) is 22.4. The number of nitrogens with zero attached hydrogens (tertiary/aromatic N) is 1. The summed E-state index contributed by atoms with van der Waals surface area (Å²) < 4.78 is 0. The number of hydrogen-bond acceptors (Lipinski definition) is 3. The Kier molecular flexibility index (Phi) is 4.77. The predicted molar refractivity (Wildman–Crippen MR) is 152 cm³/mol. The molecule has 0 fully saturated rings. The van der Waals surface area contributed by atoms with Crippen LogP contribution in [0.15, 0.2) is 90.3 Å². The first-order valence-electron chi connectivity index (χ1n) is 12.8. The third kappa shape index (κ3) is 3.12. The van der Waals surface area contributed by atoms with Crippen molar-refractivity contribution in [1.82, 2.24) is 4.98 Å². The highest BCUT2D eigenvalue weighted by molar-refractivity contribution is 7.14. The van der Waals surface area contributed by atoms with E-state index in [0.29, 0.717) is 5.13 Å². The number of thiazole rings is 1. The Morgan fingerprint density at radius 3 is 2.19 bits per heavy atom. The molecule has 1 atom stereocenters. The van der Waals surface area contributed by atoms with Crippen molar-refractivity contribution >= 4 is 33.1 Å². The van der Waals surface area contributed by atoms with Gasteiger partial charge in [-0.2, -0.15) is 0 Å². The molecule has 1 amide bonds. The summed E-state index contributed by atoms with van der Waals surface area (Å²) in [5, 5.41) is 8.35. The van der Waals surface area contributed by atoms with Gasteiger partial charge in [-0.1, -0.05) is 91.9 Å². The minimum atomic E-state index is -0.583. The molecule has 37 heavy (non-hydrogen) atoms. The fraction of sp³-hybridized carbons (Fsp3) is 0.212. The molecule has 182 valence electrons. The number of fused-ring (bicyclic) bond motifs is 2. The van der Waals surface area contributed by atoms with Gasteiger partial charge in [-0.15, -0.1) is 11.3 Å². The van der Waals surface area contributed by atoms with Crippen LogP contribution in [0.3, 0.4) is 0 Å². The second-order valence-electron chi connectivity index (χ2n) is 11.0. The minimum absolute atomic E-state index is 0.0159. The van der Waals surface area contributed by atoms with Gasteiger partial charge in [0.2, 0.25) is 5.91 Å². The standard InChI is InChI=1S/C33H28N2OS/c1-20-16-17-23(22-11-5-4-10-21(20)22)28-18-37-31(34-28)35-30(36)33(3)19-32(2)26-14-8-6-12-24(26)29(33)25-13-7-9-15-27(25)32/h4-18,29H,19H2,1-3H3,(H,34,35,36). The van der Waals surface area contributed by atoms with Gasteiger partial charge in [-0.05, 0) is 58.9 Å². The van der Waals surface area contributed by atoms with Crippen molar-refractivity contribution in [3.8, 4) is 11.3 Å². The number of amides is 1. The van der Waals surface area contributed by atoms with Gasteiger partial charge in [0.15, 0.2) is 5.13 Å². The van der Waals surface area contributed by atoms with Crippen LogP contribution in [0.2, 0.25) is 0 Å². The number of benzene rings is 4. The molecule has 1 heterocycles. The molecule has 8 rings (SSSR count). The monoisotopic (exact) mass is 500 g/mol. The quantitative estimate of drug-likeness (QED) is 0.272. The Balaban J connectivity index is 1.26. The zero-order valence-corrected chi connectivity index (χ0v) is 22.0. The molecule has 0 saturated carbocycles. The van der Waals surface area contributed by atoms with Crippen molar-refractivity contribution in [1.29, 1.82) is 0 Å². The van der Waals surface area contributed by atoms with E-state index in [9.17, 15) is 4.79 Å². The average molecular weight is 501 g/mol. The van der Waals surface area contributed by atoms with Crippen LogP contribution in [0.25, 0.3) is 22.0 Å². The summed E-state index contributed by atoms with van der Waals surface area (Å²) in [6, 6.07) is 30.1. The molecule has 1 aromatic heterocycles. The summed E-state index contributed by atoms with van der Waals surface area (Å²) >= 11 is 1.50. The van der Waals surface area contributed by atoms with Gasteiger partial charge in [0.25, 0.3) is 0 Å². The van der Waals surface area contributed by atoms with Crippen molar-refractivity contribution in [3.05, 3.63) is 118 Å². The summed E-state index contributed by atoms with van der Waals surface area (Å²) in [5.41, 5.74) is 7.71. The molecule has 5 aromatic rings. The van der Waals surface area contributed by atoms with Crippen LogP contribution < -0.4 is 5.32 Å². The van der Waals surface area contributed by atoms with Crippen LogP contribution in [0.5, 0.6) is 0 Å². The van der Waals surface area contributed by atoms with E-state index in [1.54, 1.807) is 0 Å². The number of nitrogens with one attached hydrogen (secondary N) is 1. The lowest BCUT2D eigenvalue weighted by Gasteiger charge is -2.55. The highest BCUT2D eigenvalue weighted by Gasteiger charge is 2.58. The van der Waals surface area contributed by atoms with Crippen LogP contribution in [0, 0.1) is 12.3 Å². The Hall–Kier alpha value is -3.76. The van der Waals surface area contributed by atoms with E-state index >= 15 is 0 Å². The molecule has 3 aliphatic rings. The number of hydrogen-bond donors (Lipinski definition) is 1. The topological polar surface area (TPSA) is 42.0 Å². The molecular weight excluding hydrogens is 472 g/mol. The SMILES string of the molecule is Cc1ccc(-c2csc(NC(=O)C3(C)CC4(C)c5ccccc5C3c3ccccc34)n2)c2ccccc12. The predicted octanol–water partition coefficient (Wildman–Crippen LogP) is 8.07. The first-order chi connectivity index (χ1) is 17.9. The summed E-state index contributed by atoms with van der Waals surface area (Å²) in [6.45, 7) is 6.57. The maximum atomic E-state index is 14.1. The van der Waals surface area contributed by atoms with Crippen LogP contribution in [-0.2, 0) is 10.2 Å². The molecule has 1 N–H and O–H groups in total. The van der Waals surface area contributed by atoms with Gasteiger partial charge in [-0.3, -0.25) is 4.79 Å². The molecule has 0 aliphatic heterocycles. The molecule has 4 heteroatoms. The number of rotatable bonds is 3. The van der Waals surface area contributed by atoms with Gasteiger partial charge in [-0.25, -0.2) is 4.98 Å². The molecule has 1 unspecified atom stereocenters. The normalized spacial score (nSPS) is 23.5. The van der Waals surface area contributed by atoms with E-state index in [1.807, 2.05) is 5.38 Å². The minimum Gasteiger partial charge on any atom is -0.301 e. The highest BCUT2D eigenvalue weighted by Crippen LogP contribution is 2.63. The molecule has 3 aliphatic carbocycles. The third-order valence-electron chi connectivity index (χ3n) is 8.75. The van der Waals surface area contributed by atoms with Gasteiger partial charge >= 0.3 is 0 Å². The fourth-order valence-electron chi connectivity index (χ4n) is 7.11. The Bertz CT molecular complexity index is 1670. The Morgan fingerprint density at radius 1 is 0.865 bits per heavy atom. The summed E-state index contributed by atoms with van der Waals surface area (Å²) in [4.78, 5) is 19.0. The van der Waals surface area contributed by atoms with Crippen molar-refractivity contribution < 1.29 is 4.79 Å². The van der Waals surface area contributed by atoms with Gasteiger partial charge in [0.1, 0.15) is 0 Å². The smallest absolute Gasteiger partial charge is 0.233 e. The van der Waals surface area contributed by atoms with Crippen LogP contribution in [-0.4, -0.2) is 10.9 Å². The summed E-state index contributed by atoms with van der Waals surface area (Å²) in [7, 11) is 0. The maximum Gasteiger partial charge on any atom is 0.233 e. The number of aryl methyl sites for hydroxylation is 1. The third-order valence-corrected chi connectivity index (χ3v) is 9.51. The fourth-order valence-corrected chi connectivity index (χ4v) is 7.81. The van der Waals surface area contributed by atoms with E-state index in [-0.39, 0.29) is 17.2 Å². The number of aromatic nitrogens is 1. The van der Waals surface area contributed by atoms with Crippen molar-refractivity contribution in [2.24, 2.45) is 5.41 Å². The van der Waals surface area contributed by atoms with E-state index in [0.717, 1.165) is 17.7 Å². The Morgan fingerprint density at radius 2 is 1.49 bits per heavy atom. The zero-order valence-electron chi connectivity index (χ0n) is 21.2. The largest absolute Gasteiger partial charge is 0.301 e. The molecular formula is C33H28N2OS. The lowest BCUT2D eigenvalue weighted by atomic mass is 9.47. The molecule has 0 radical (unpaired) electrons. The van der Waals surface area contributed by atoms with Crippen molar-refractivity contribution in [3.63, 3.8) is 0 Å². The van der Waals surface area contributed by atoms with Gasteiger partial charge in [0.05, 0.1) is 11.1 Å². The molecule has 0 saturated heterocycles. The van der Waals surface area contributed by atoms with Crippen LogP contribution in [0.4, 0.5) is 5.13 Å². The first-order valence-corrected chi connectivity index (χ1v) is 13.7. The number of carbonyl (C=O) groups excluding carboxylic acids is 1. The molecule has 4 aromatic carbocycles. The van der Waals surface area contributed by atoms with E-state index < -0.39 is 5.41 Å². The summed E-state index contributed by atoms with van der Waals surface area (Å²) in [5.74, 6) is 0.0598. The lowest BCUT2D eigenvalue weighted by Crippen LogP contribution is -2.53. The van der Waals surface area contributed by atoms with E-state index in [1.165, 1.54) is 49.9 Å². The zero-order chi connectivity index (χ0) is 25.4. The van der Waals surface area contributed by atoms with Crippen molar-refractivity contribution in [2.75, 3.05) is 5.32 Å². The molecule has 3 nitrogen and oxygen atoms in total. The van der Waals surface area contributed by atoms with Crippen LogP contribution >= 0.6 is 11.3 Å². The van der Waals surface area contributed by atoms with Gasteiger partial charge < -0.3 is 5.32 Å². The Labute approximate surface area is 221 Å². The van der Waals surface area contributed by atoms with Crippen molar-refractivity contribution in [2.45, 2.75) is 38.5 Å². The average Bonchev–Trinajstić information content (AvgIpc) is 3.37. The highest BCUT2D eigenvalue weighted by atomic mass is 32.1. The summed E-state index contributed by atoms with van der Waals surface area (Å²) in [6.07, 6.45) is 0.769.